The van der Waals surface area contributed by atoms with E-state index >= 15 is 0 Å². The predicted octanol–water partition coefficient (Wildman–Crippen LogP) is 0.956. The van der Waals surface area contributed by atoms with Gasteiger partial charge < -0.3 is 14.8 Å². The molecule has 2 saturated heterocycles. The molecule has 0 bridgehead atoms. The van der Waals surface area contributed by atoms with E-state index in [1.54, 1.807) is 0 Å². The molecule has 0 aromatic rings. The zero-order chi connectivity index (χ0) is 11.4. The van der Waals surface area contributed by atoms with Crippen molar-refractivity contribution in [1.82, 2.24) is 5.32 Å². The van der Waals surface area contributed by atoms with E-state index in [1.165, 1.54) is 0 Å². The SMILES string of the molecule is CC1(C(=O)OCC2CCOCC2)CCNC1. The number of carbonyl (C=O) groups excluding carboxylic acids is 1. The maximum absolute atomic E-state index is 11.9. The highest BCUT2D eigenvalue weighted by Crippen LogP contribution is 2.26. The van der Waals surface area contributed by atoms with Crippen molar-refractivity contribution in [2.75, 3.05) is 32.9 Å². The van der Waals surface area contributed by atoms with Gasteiger partial charge in [-0.15, -0.1) is 0 Å². The molecule has 0 aromatic carbocycles. The molecule has 2 aliphatic rings. The summed E-state index contributed by atoms with van der Waals surface area (Å²) in [4.78, 5) is 11.9. The van der Waals surface area contributed by atoms with Crippen LogP contribution in [0.4, 0.5) is 0 Å². The van der Waals surface area contributed by atoms with Gasteiger partial charge in [-0.25, -0.2) is 0 Å². The molecule has 4 nitrogen and oxygen atoms in total. The van der Waals surface area contributed by atoms with E-state index in [-0.39, 0.29) is 11.4 Å². The van der Waals surface area contributed by atoms with Crippen LogP contribution in [0.15, 0.2) is 0 Å². The quantitative estimate of drug-likeness (QED) is 0.729. The number of hydrogen-bond acceptors (Lipinski definition) is 4. The second-order valence-electron chi connectivity index (χ2n) is 5.14. The molecule has 0 aliphatic carbocycles. The molecule has 16 heavy (non-hydrogen) atoms. The standard InChI is InChI=1S/C12H21NO3/c1-12(4-5-13-9-12)11(14)16-8-10-2-6-15-7-3-10/h10,13H,2-9H2,1H3. The van der Waals surface area contributed by atoms with Gasteiger partial charge in [0.15, 0.2) is 0 Å². The predicted molar refractivity (Wildman–Crippen MR) is 60.1 cm³/mol. The Morgan fingerprint density at radius 1 is 1.50 bits per heavy atom. The largest absolute Gasteiger partial charge is 0.465 e. The lowest BCUT2D eigenvalue weighted by Crippen LogP contribution is -2.33. The van der Waals surface area contributed by atoms with Gasteiger partial charge in [-0.1, -0.05) is 0 Å². The van der Waals surface area contributed by atoms with Gasteiger partial charge in [-0.3, -0.25) is 4.79 Å². The van der Waals surface area contributed by atoms with Crippen LogP contribution in [0.5, 0.6) is 0 Å². The van der Waals surface area contributed by atoms with Gasteiger partial charge in [-0.05, 0) is 38.6 Å². The van der Waals surface area contributed by atoms with E-state index in [9.17, 15) is 4.79 Å². The van der Waals surface area contributed by atoms with Crippen molar-refractivity contribution in [2.45, 2.75) is 26.2 Å². The summed E-state index contributed by atoms with van der Waals surface area (Å²) in [5, 5.41) is 3.21. The summed E-state index contributed by atoms with van der Waals surface area (Å²) >= 11 is 0. The van der Waals surface area contributed by atoms with Gasteiger partial charge in [0.25, 0.3) is 0 Å². The molecular formula is C12H21NO3. The van der Waals surface area contributed by atoms with Crippen LogP contribution in [0.25, 0.3) is 0 Å². The van der Waals surface area contributed by atoms with Crippen LogP contribution < -0.4 is 5.32 Å². The Labute approximate surface area is 96.7 Å². The maximum atomic E-state index is 11.9. The minimum atomic E-state index is -0.300. The van der Waals surface area contributed by atoms with Crippen molar-refractivity contribution >= 4 is 5.97 Å². The first-order valence-corrected chi connectivity index (χ1v) is 6.16. The number of ether oxygens (including phenoxy) is 2. The molecule has 2 fully saturated rings. The van der Waals surface area contributed by atoms with Crippen LogP contribution in [-0.2, 0) is 14.3 Å². The normalized spacial score (nSPS) is 31.6. The van der Waals surface area contributed by atoms with Crippen molar-refractivity contribution < 1.29 is 14.3 Å². The molecule has 0 saturated carbocycles. The first-order valence-electron chi connectivity index (χ1n) is 6.16. The average Bonchev–Trinajstić information content (AvgIpc) is 2.76. The number of rotatable bonds is 3. The molecule has 0 radical (unpaired) electrons. The highest BCUT2D eigenvalue weighted by Gasteiger charge is 2.38. The molecule has 1 atom stereocenters. The summed E-state index contributed by atoms with van der Waals surface area (Å²) in [6.07, 6.45) is 2.92. The minimum absolute atomic E-state index is 0.0380. The smallest absolute Gasteiger partial charge is 0.313 e. The summed E-state index contributed by atoms with van der Waals surface area (Å²) in [7, 11) is 0. The molecule has 92 valence electrons. The lowest BCUT2D eigenvalue weighted by atomic mass is 9.90. The molecule has 0 aromatic heterocycles. The number of esters is 1. The summed E-state index contributed by atoms with van der Waals surface area (Å²) in [5.41, 5.74) is -0.300. The van der Waals surface area contributed by atoms with Gasteiger partial charge >= 0.3 is 5.97 Å². The third kappa shape index (κ3) is 2.74. The van der Waals surface area contributed by atoms with Crippen molar-refractivity contribution in [3.63, 3.8) is 0 Å². The van der Waals surface area contributed by atoms with Gasteiger partial charge in [-0.2, -0.15) is 0 Å². The van der Waals surface area contributed by atoms with Crippen LogP contribution in [0.2, 0.25) is 0 Å². The molecule has 2 heterocycles. The van der Waals surface area contributed by atoms with E-state index in [0.717, 1.165) is 45.6 Å². The number of carbonyl (C=O) groups is 1. The monoisotopic (exact) mass is 227 g/mol. The summed E-state index contributed by atoms with van der Waals surface area (Å²) in [6.45, 7) is 5.83. The van der Waals surface area contributed by atoms with Crippen molar-refractivity contribution in [1.29, 1.82) is 0 Å². The lowest BCUT2D eigenvalue weighted by molar-refractivity contribution is -0.156. The number of nitrogens with one attached hydrogen (secondary N) is 1. The Morgan fingerprint density at radius 2 is 2.25 bits per heavy atom. The van der Waals surface area contributed by atoms with E-state index in [2.05, 4.69) is 5.32 Å². The fourth-order valence-electron chi connectivity index (χ4n) is 2.27. The molecule has 1 unspecified atom stereocenters. The lowest BCUT2D eigenvalue weighted by Gasteiger charge is -2.25. The summed E-state index contributed by atoms with van der Waals surface area (Å²) < 4.78 is 10.7. The van der Waals surface area contributed by atoms with E-state index in [0.29, 0.717) is 12.5 Å². The fraction of sp³-hybridized carbons (Fsp3) is 0.917. The Bertz CT molecular complexity index is 243. The Hall–Kier alpha value is -0.610. The van der Waals surface area contributed by atoms with E-state index in [1.807, 2.05) is 6.92 Å². The highest BCUT2D eigenvalue weighted by molar-refractivity contribution is 5.77. The third-order valence-corrected chi connectivity index (χ3v) is 3.65. The van der Waals surface area contributed by atoms with Crippen LogP contribution >= 0.6 is 0 Å². The average molecular weight is 227 g/mol. The fourth-order valence-corrected chi connectivity index (χ4v) is 2.27. The molecule has 4 heteroatoms. The highest BCUT2D eigenvalue weighted by atomic mass is 16.5. The van der Waals surface area contributed by atoms with Crippen molar-refractivity contribution in [3.05, 3.63) is 0 Å². The van der Waals surface area contributed by atoms with Crippen LogP contribution in [-0.4, -0.2) is 38.9 Å². The Kier molecular flexibility index (Phi) is 3.82. The van der Waals surface area contributed by atoms with E-state index in [4.69, 9.17) is 9.47 Å². The molecule has 0 amide bonds. The zero-order valence-electron chi connectivity index (χ0n) is 9.96. The molecule has 0 spiro atoms. The first-order chi connectivity index (χ1) is 7.71. The maximum Gasteiger partial charge on any atom is 0.313 e. The molecular weight excluding hydrogens is 206 g/mol. The minimum Gasteiger partial charge on any atom is -0.465 e. The molecule has 1 N–H and O–H groups in total. The Balaban J connectivity index is 1.74. The second-order valence-corrected chi connectivity index (χ2v) is 5.14. The van der Waals surface area contributed by atoms with Crippen molar-refractivity contribution in [2.24, 2.45) is 11.3 Å². The summed E-state index contributed by atoms with van der Waals surface area (Å²) in [6, 6.07) is 0. The van der Waals surface area contributed by atoms with Gasteiger partial charge in [0.2, 0.25) is 0 Å². The van der Waals surface area contributed by atoms with E-state index < -0.39 is 0 Å². The summed E-state index contributed by atoms with van der Waals surface area (Å²) in [5.74, 6) is 0.458. The first kappa shape index (κ1) is 11.9. The topological polar surface area (TPSA) is 47.6 Å². The van der Waals surface area contributed by atoms with Crippen molar-refractivity contribution in [3.8, 4) is 0 Å². The van der Waals surface area contributed by atoms with Crippen LogP contribution in [0, 0.1) is 11.3 Å². The van der Waals surface area contributed by atoms with Gasteiger partial charge in [0, 0.05) is 19.8 Å². The second kappa shape index (κ2) is 5.15. The Morgan fingerprint density at radius 3 is 2.88 bits per heavy atom. The molecule has 2 rings (SSSR count). The van der Waals surface area contributed by atoms with Gasteiger partial charge in [0.05, 0.1) is 12.0 Å². The van der Waals surface area contributed by atoms with Gasteiger partial charge in [0.1, 0.15) is 0 Å². The zero-order valence-corrected chi connectivity index (χ0v) is 9.96. The third-order valence-electron chi connectivity index (χ3n) is 3.65. The number of hydrogen-bond donors (Lipinski definition) is 1. The van der Waals surface area contributed by atoms with Crippen LogP contribution in [0.3, 0.4) is 0 Å². The van der Waals surface area contributed by atoms with Crippen LogP contribution in [0.1, 0.15) is 26.2 Å². The molecule has 2 aliphatic heterocycles.